The lowest BCUT2D eigenvalue weighted by Crippen LogP contribution is -2.31. The van der Waals surface area contributed by atoms with Crippen LogP contribution >= 0.6 is 12.4 Å². The maximum atomic E-state index is 13.3. The Bertz CT molecular complexity index is 292. The standard InChI is InChI=1S/C9H12FNO3.ClH/c1-2-14-9(12)7(10)8(11)6-3-4-13-5-6;/h3-5,7-8H,2,11H2,1H3;1H/t7?,8-;/m1./s1. The van der Waals surface area contributed by atoms with E-state index in [4.69, 9.17) is 10.2 Å². The average Bonchev–Trinajstić information content (AvgIpc) is 2.68. The van der Waals surface area contributed by atoms with E-state index in [0.717, 1.165) is 0 Å². The second-order valence-electron chi connectivity index (χ2n) is 2.74. The number of rotatable bonds is 4. The maximum Gasteiger partial charge on any atom is 0.342 e. The van der Waals surface area contributed by atoms with Crippen LogP contribution in [-0.4, -0.2) is 18.7 Å². The molecule has 0 spiro atoms. The lowest BCUT2D eigenvalue weighted by molar-refractivity contribution is -0.149. The molecule has 0 fully saturated rings. The topological polar surface area (TPSA) is 65.5 Å². The molecule has 86 valence electrons. The quantitative estimate of drug-likeness (QED) is 0.808. The lowest BCUT2D eigenvalue weighted by Gasteiger charge is -2.13. The van der Waals surface area contributed by atoms with Crippen LogP contribution in [0.4, 0.5) is 4.39 Å². The Labute approximate surface area is 93.0 Å². The highest BCUT2D eigenvalue weighted by molar-refractivity contribution is 5.85. The van der Waals surface area contributed by atoms with E-state index in [9.17, 15) is 9.18 Å². The number of carbonyl (C=O) groups excluding carboxylic acids is 1. The second-order valence-corrected chi connectivity index (χ2v) is 2.74. The number of hydrogen-bond donors (Lipinski definition) is 1. The SMILES string of the molecule is CCOC(=O)C(F)[C@H](N)c1ccoc1.Cl. The summed E-state index contributed by atoms with van der Waals surface area (Å²) in [6.45, 7) is 1.74. The van der Waals surface area contributed by atoms with Crippen LogP contribution in [0, 0.1) is 0 Å². The van der Waals surface area contributed by atoms with Crippen molar-refractivity contribution in [1.82, 2.24) is 0 Å². The molecule has 1 aromatic rings. The second kappa shape index (κ2) is 6.42. The summed E-state index contributed by atoms with van der Waals surface area (Å²) in [4.78, 5) is 11.0. The van der Waals surface area contributed by atoms with Crippen LogP contribution in [0.3, 0.4) is 0 Å². The van der Waals surface area contributed by atoms with Crippen molar-refractivity contribution in [1.29, 1.82) is 0 Å². The van der Waals surface area contributed by atoms with Crippen molar-refractivity contribution >= 4 is 18.4 Å². The van der Waals surface area contributed by atoms with Gasteiger partial charge < -0.3 is 14.9 Å². The van der Waals surface area contributed by atoms with Gasteiger partial charge in [-0.25, -0.2) is 9.18 Å². The highest BCUT2D eigenvalue weighted by atomic mass is 35.5. The summed E-state index contributed by atoms with van der Waals surface area (Å²) in [7, 11) is 0. The van der Waals surface area contributed by atoms with Crippen molar-refractivity contribution in [2.24, 2.45) is 5.73 Å². The minimum Gasteiger partial charge on any atom is -0.472 e. The summed E-state index contributed by atoms with van der Waals surface area (Å²) in [6.07, 6.45) is 0.816. The van der Waals surface area contributed by atoms with E-state index < -0.39 is 18.2 Å². The number of alkyl halides is 1. The fourth-order valence-corrected chi connectivity index (χ4v) is 1.00. The number of hydrogen-bond acceptors (Lipinski definition) is 4. The Balaban J connectivity index is 0.00000196. The van der Waals surface area contributed by atoms with Gasteiger partial charge in [-0.3, -0.25) is 0 Å². The van der Waals surface area contributed by atoms with Gasteiger partial charge in [-0.2, -0.15) is 0 Å². The molecule has 15 heavy (non-hydrogen) atoms. The monoisotopic (exact) mass is 237 g/mol. The van der Waals surface area contributed by atoms with Gasteiger partial charge in [0.15, 0.2) is 0 Å². The maximum absolute atomic E-state index is 13.3. The minimum atomic E-state index is -1.85. The van der Waals surface area contributed by atoms with E-state index in [1.165, 1.54) is 18.6 Å². The van der Waals surface area contributed by atoms with E-state index in [-0.39, 0.29) is 19.0 Å². The third-order valence-electron chi connectivity index (χ3n) is 1.76. The summed E-state index contributed by atoms with van der Waals surface area (Å²) in [5.74, 6) is -0.943. The number of esters is 1. The molecule has 1 rings (SSSR count). The molecular weight excluding hydrogens is 225 g/mol. The molecule has 1 unspecified atom stereocenters. The Morgan fingerprint density at radius 1 is 1.73 bits per heavy atom. The van der Waals surface area contributed by atoms with Crippen molar-refractivity contribution in [3.63, 3.8) is 0 Å². The van der Waals surface area contributed by atoms with Crippen molar-refractivity contribution in [2.75, 3.05) is 6.61 Å². The molecule has 4 nitrogen and oxygen atoms in total. The summed E-state index contributed by atoms with van der Waals surface area (Å²) in [6, 6.07) is 0.476. The number of carbonyl (C=O) groups is 1. The van der Waals surface area contributed by atoms with Gasteiger partial charge in [-0.1, -0.05) is 0 Å². The molecule has 0 aliphatic rings. The van der Waals surface area contributed by atoms with Gasteiger partial charge in [-0.15, -0.1) is 12.4 Å². The van der Waals surface area contributed by atoms with Crippen LogP contribution in [-0.2, 0) is 9.53 Å². The van der Waals surface area contributed by atoms with Crippen LogP contribution in [0.5, 0.6) is 0 Å². The highest BCUT2D eigenvalue weighted by Crippen LogP contribution is 2.18. The normalized spacial score (nSPS) is 13.8. The molecule has 0 aliphatic carbocycles. The van der Waals surface area contributed by atoms with Crippen LogP contribution < -0.4 is 5.73 Å². The zero-order valence-electron chi connectivity index (χ0n) is 8.18. The van der Waals surface area contributed by atoms with E-state index in [2.05, 4.69) is 4.74 Å². The minimum absolute atomic E-state index is 0. The van der Waals surface area contributed by atoms with Gasteiger partial charge in [0.25, 0.3) is 0 Å². The molecule has 0 bridgehead atoms. The molecule has 0 radical (unpaired) electrons. The third kappa shape index (κ3) is 3.53. The largest absolute Gasteiger partial charge is 0.472 e. The Morgan fingerprint density at radius 3 is 2.87 bits per heavy atom. The van der Waals surface area contributed by atoms with Crippen LogP contribution in [0.1, 0.15) is 18.5 Å². The molecule has 1 aromatic heterocycles. The van der Waals surface area contributed by atoms with Gasteiger partial charge >= 0.3 is 5.97 Å². The van der Waals surface area contributed by atoms with Gasteiger partial charge in [0, 0.05) is 5.56 Å². The Morgan fingerprint density at radius 2 is 2.40 bits per heavy atom. The lowest BCUT2D eigenvalue weighted by atomic mass is 10.1. The first-order valence-corrected chi connectivity index (χ1v) is 4.25. The van der Waals surface area contributed by atoms with E-state index in [0.29, 0.717) is 5.56 Å². The first-order chi connectivity index (χ1) is 6.66. The predicted molar refractivity (Wildman–Crippen MR) is 54.4 cm³/mol. The number of halogens is 2. The van der Waals surface area contributed by atoms with Crippen molar-refractivity contribution < 1.29 is 18.3 Å². The molecule has 2 atom stereocenters. The third-order valence-corrected chi connectivity index (χ3v) is 1.76. The van der Waals surface area contributed by atoms with E-state index >= 15 is 0 Å². The first-order valence-electron chi connectivity index (χ1n) is 4.25. The summed E-state index contributed by atoms with van der Waals surface area (Å²) in [5.41, 5.74) is 5.91. The Hall–Kier alpha value is -1.07. The van der Waals surface area contributed by atoms with Crippen molar-refractivity contribution in [3.05, 3.63) is 24.2 Å². The van der Waals surface area contributed by atoms with Gasteiger partial charge in [0.05, 0.1) is 25.2 Å². The van der Waals surface area contributed by atoms with Crippen molar-refractivity contribution in [2.45, 2.75) is 19.1 Å². The van der Waals surface area contributed by atoms with Gasteiger partial charge in [0.2, 0.25) is 6.17 Å². The predicted octanol–water partition coefficient (Wildman–Crippen LogP) is 1.60. The molecular formula is C9H13ClFNO3. The summed E-state index contributed by atoms with van der Waals surface area (Å²) < 4.78 is 22.5. The summed E-state index contributed by atoms with van der Waals surface area (Å²) in [5, 5.41) is 0. The fourth-order valence-electron chi connectivity index (χ4n) is 1.00. The molecule has 1 heterocycles. The van der Waals surface area contributed by atoms with Crippen LogP contribution in [0.2, 0.25) is 0 Å². The molecule has 2 N–H and O–H groups in total. The van der Waals surface area contributed by atoms with Gasteiger partial charge in [-0.05, 0) is 13.0 Å². The molecule has 0 saturated heterocycles. The molecule has 6 heteroatoms. The molecule has 0 aromatic carbocycles. The summed E-state index contributed by atoms with van der Waals surface area (Å²) >= 11 is 0. The number of furan rings is 1. The number of ether oxygens (including phenoxy) is 1. The first kappa shape index (κ1) is 13.9. The zero-order valence-corrected chi connectivity index (χ0v) is 9.00. The number of nitrogens with two attached hydrogens (primary N) is 1. The van der Waals surface area contributed by atoms with Crippen molar-refractivity contribution in [3.8, 4) is 0 Å². The Kier molecular flexibility index (Phi) is 5.96. The van der Waals surface area contributed by atoms with E-state index in [1.54, 1.807) is 6.92 Å². The van der Waals surface area contributed by atoms with Crippen LogP contribution in [0.15, 0.2) is 23.0 Å². The smallest absolute Gasteiger partial charge is 0.342 e. The molecule has 0 saturated carbocycles. The fraction of sp³-hybridized carbons (Fsp3) is 0.444. The average molecular weight is 238 g/mol. The molecule has 0 amide bonds. The highest BCUT2D eigenvalue weighted by Gasteiger charge is 2.28. The van der Waals surface area contributed by atoms with Gasteiger partial charge in [0.1, 0.15) is 0 Å². The zero-order chi connectivity index (χ0) is 10.6. The van der Waals surface area contributed by atoms with Crippen LogP contribution in [0.25, 0.3) is 0 Å². The van der Waals surface area contributed by atoms with E-state index in [1.807, 2.05) is 0 Å². The molecule has 0 aliphatic heterocycles.